The Morgan fingerprint density at radius 2 is 1.83 bits per heavy atom. The van der Waals surface area contributed by atoms with Crippen molar-refractivity contribution in [1.29, 1.82) is 0 Å². The fourth-order valence-electron chi connectivity index (χ4n) is 1.59. The second kappa shape index (κ2) is 7.49. The molecule has 0 unspecified atom stereocenters. The highest BCUT2D eigenvalue weighted by Crippen LogP contribution is 2.15. The molecule has 0 saturated heterocycles. The van der Waals surface area contributed by atoms with Crippen molar-refractivity contribution in [1.82, 2.24) is 4.98 Å². The van der Waals surface area contributed by atoms with Gasteiger partial charge in [0.05, 0.1) is 5.69 Å². The minimum absolute atomic E-state index is 0.591. The Morgan fingerprint density at radius 1 is 1.06 bits per heavy atom. The third-order valence-electron chi connectivity index (χ3n) is 2.44. The number of hydrogen-bond acceptors (Lipinski definition) is 2. The van der Waals surface area contributed by atoms with Crippen LogP contribution in [0.2, 0.25) is 0 Å². The predicted octanol–water partition coefficient (Wildman–Crippen LogP) is 4.30. The molecule has 2 heteroatoms. The first-order chi connectivity index (χ1) is 8.75. The van der Waals surface area contributed by atoms with Crippen LogP contribution in [-0.4, -0.2) is 4.98 Å². The van der Waals surface area contributed by atoms with E-state index in [0.29, 0.717) is 6.61 Å². The zero-order valence-corrected chi connectivity index (χ0v) is 11.6. The molecule has 0 amide bonds. The first-order valence-corrected chi connectivity index (χ1v) is 6.35. The Hall–Kier alpha value is -1.83. The Bertz CT molecular complexity index is 480. The van der Waals surface area contributed by atoms with Gasteiger partial charge in [0.15, 0.2) is 0 Å². The van der Waals surface area contributed by atoms with Crippen LogP contribution in [0.15, 0.2) is 42.6 Å². The molecule has 18 heavy (non-hydrogen) atoms. The maximum atomic E-state index is 5.72. The highest BCUT2D eigenvalue weighted by atomic mass is 16.5. The number of benzene rings is 1. The predicted molar refractivity (Wildman–Crippen MR) is 75.8 cm³/mol. The lowest BCUT2D eigenvalue weighted by Crippen LogP contribution is -1.98. The van der Waals surface area contributed by atoms with Crippen LogP contribution in [0, 0.1) is 13.8 Å². The smallest absolute Gasteiger partial charge is 0.141 e. The van der Waals surface area contributed by atoms with Gasteiger partial charge in [-0.25, -0.2) is 0 Å². The van der Waals surface area contributed by atoms with Crippen LogP contribution >= 0.6 is 0 Å². The molecule has 2 nitrogen and oxygen atoms in total. The molecule has 0 spiro atoms. The van der Waals surface area contributed by atoms with E-state index in [1.54, 1.807) is 6.20 Å². The van der Waals surface area contributed by atoms with Crippen LogP contribution in [0.5, 0.6) is 5.75 Å². The molecule has 2 rings (SSSR count). The maximum Gasteiger partial charge on any atom is 0.141 e. The monoisotopic (exact) mass is 243 g/mol. The van der Waals surface area contributed by atoms with Crippen LogP contribution < -0.4 is 4.74 Å². The third-order valence-corrected chi connectivity index (χ3v) is 2.44. The molecule has 0 N–H and O–H groups in total. The normalized spacial score (nSPS) is 9.33. The quantitative estimate of drug-likeness (QED) is 0.801. The zero-order chi connectivity index (χ0) is 13.4. The van der Waals surface area contributed by atoms with E-state index >= 15 is 0 Å². The molecule has 0 aliphatic heterocycles. The summed E-state index contributed by atoms with van der Waals surface area (Å²) in [5.41, 5.74) is 3.36. The van der Waals surface area contributed by atoms with Crippen LogP contribution in [0.25, 0.3) is 0 Å². The number of hydrogen-bond donors (Lipinski definition) is 0. The van der Waals surface area contributed by atoms with E-state index < -0.39 is 0 Å². The summed E-state index contributed by atoms with van der Waals surface area (Å²) in [6.45, 7) is 8.62. The van der Waals surface area contributed by atoms with Crippen molar-refractivity contribution in [3.8, 4) is 5.75 Å². The lowest BCUT2D eigenvalue weighted by Gasteiger charge is -2.08. The van der Waals surface area contributed by atoms with E-state index in [2.05, 4.69) is 30.1 Å². The van der Waals surface area contributed by atoms with E-state index in [1.807, 2.05) is 39.0 Å². The van der Waals surface area contributed by atoms with E-state index in [9.17, 15) is 0 Å². The second-order valence-corrected chi connectivity index (χ2v) is 3.86. The number of ether oxygens (including phenoxy) is 1. The molecule has 1 heterocycles. The van der Waals surface area contributed by atoms with Crippen molar-refractivity contribution < 1.29 is 4.74 Å². The summed E-state index contributed by atoms with van der Waals surface area (Å²) in [7, 11) is 0. The molecular weight excluding hydrogens is 222 g/mol. The van der Waals surface area contributed by atoms with Gasteiger partial charge in [0, 0.05) is 6.20 Å². The number of rotatable bonds is 3. The van der Waals surface area contributed by atoms with E-state index in [0.717, 1.165) is 11.4 Å². The summed E-state index contributed by atoms with van der Waals surface area (Å²) in [4.78, 5) is 4.18. The van der Waals surface area contributed by atoms with Gasteiger partial charge in [-0.2, -0.15) is 0 Å². The van der Waals surface area contributed by atoms with Gasteiger partial charge in [0.2, 0.25) is 0 Å². The van der Waals surface area contributed by atoms with Crippen LogP contribution in [0.4, 0.5) is 0 Å². The van der Waals surface area contributed by atoms with Gasteiger partial charge in [-0.3, -0.25) is 4.98 Å². The summed E-state index contributed by atoms with van der Waals surface area (Å²) < 4.78 is 5.72. The van der Waals surface area contributed by atoms with Crippen LogP contribution in [0.1, 0.15) is 30.7 Å². The molecule has 0 radical (unpaired) electrons. The summed E-state index contributed by atoms with van der Waals surface area (Å²) in [5.74, 6) is 0.851. The van der Waals surface area contributed by atoms with Crippen molar-refractivity contribution >= 4 is 0 Å². The molecule has 2 aromatic rings. The van der Waals surface area contributed by atoms with Gasteiger partial charge >= 0.3 is 0 Å². The van der Waals surface area contributed by atoms with E-state index in [1.165, 1.54) is 11.1 Å². The summed E-state index contributed by atoms with van der Waals surface area (Å²) in [5, 5.41) is 0. The summed E-state index contributed by atoms with van der Waals surface area (Å²) in [6, 6.07) is 12.2. The Labute approximate surface area is 110 Å². The highest BCUT2D eigenvalue weighted by molar-refractivity contribution is 5.27. The molecule has 0 aliphatic carbocycles. The molecule has 1 aromatic heterocycles. The first-order valence-electron chi connectivity index (χ1n) is 6.35. The van der Waals surface area contributed by atoms with Crippen molar-refractivity contribution in [3.63, 3.8) is 0 Å². The number of aromatic nitrogens is 1. The average molecular weight is 243 g/mol. The molecule has 0 atom stereocenters. The van der Waals surface area contributed by atoms with Gasteiger partial charge in [-0.05, 0) is 31.5 Å². The lowest BCUT2D eigenvalue weighted by molar-refractivity contribution is 0.302. The van der Waals surface area contributed by atoms with Gasteiger partial charge in [-0.15, -0.1) is 0 Å². The Balaban J connectivity index is 0.000000771. The Kier molecular flexibility index (Phi) is 5.92. The lowest BCUT2D eigenvalue weighted by atomic mass is 10.1. The Morgan fingerprint density at radius 3 is 2.50 bits per heavy atom. The SMILES string of the molecule is CC.Cc1cccc(COc2cccnc2C)c1. The maximum absolute atomic E-state index is 5.72. The molecule has 1 aromatic carbocycles. The standard InChI is InChI=1S/C14H15NO.C2H6/c1-11-5-3-6-13(9-11)10-16-14-7-4-8-15-12(14)2;1-2/h3-9H,10H2,1-2H3;1-2H3. The van der Waals surface area contributed by atoms with Crippen molar-refractivity contribution in [2.45, 2.75) is 34.3 Å². The average Bonchev–Trinajstić information content (AvgIpc) is 2.40. The molecule has 0 bridgehead atoms. The van der Waals surface area contributed by atoms with Gasteiger partial charge in [0.1, 0.15) is 12.4 Å². The van der Waals surface area contributed by atoms with Gasteiger partial charge < -0.3 is 4.74 Å². The van der Waals surface area contributed by atoms with E-state index in [4.69, 9.17) is 4.74 Å². The second-order valence-electron chi connectivity index (χ2n) is 3.86. The zero-order valence-electron chi connectivity index (χ0n) is 11.6. The fourth-order valence-corrected chi connectivity index (χ4v) is 1.59. The summed E-state index contributed by atoms with van der Waals surface area (Å²) >= 11 is 0. The number of pyridine rings is 1. The minimum Gasteiger partial charge on any atom is -0.487 e. The summed E-state index contributed by atoms with van der Waals surface area (Å²) in [6.07, 6.45) is 1.77. The van der Waals surface area contributed by atoms with Gasteiger partial charge in [-0.1, -0.05) is 43.7 Å². The molecule has 0 aliphatic rings. The molecule has 96 valence electrons. The number of aryl methyl sites for hydroxylation is 2. The molecular formula is C16H21NO. The van der Waals surface area contributed by atoms with Gasteiger partial charge in [0.25, 0.3) is 0 Å². The highest BCUT2D eigenvalue weighted by Gasteiger charge is 1.99. The van der Waals surface area contributed by atoms with Crippen molar-refractivity contribution in [2.24, 2.45) is 0 Å². The van der Waals surface area contributed by atoms with Crippen LogP contribution in [0.3, 0.4) is 0 Å². The molecule has 0 saturated carbocycles. The van der Waals surface area contributed by atoms with Crippen molar-refractivity contribution in [2.75, 3.05) is 0 Å². The van der Waals surface area contributed by atoms with Crippen LogP contribution in [-0.2, 0) is 6.61 Å². The minimum atomic E-state index is 0.591. The largest absolute Gasteiger partial charge is 0.487 e. The van der Waals surface area contributed by atoms with Crippen molar-refractivity contribution in [3.05, 3.63) is 59.4 Å². The molecule has 0 fully saturated rings. The topological polar surface area (TPSA) is 22.1 Å². The van der Waals surface area contributed by atoms with E-state index in [-0.39, 0.29) is 0 Å². The first kappa shape index (κ1) is 14.2. The number of nitrogens with zero attached hydrogens (tertiary/aromatic N) is 1. The third kappa shape index (κ3) is 4.21. The fraction of sp³-hybridized carbons (Fsp3) is 0.312.